The molecule has 2 rings (SSSR count). The van der Waals surface area contributed by atoms with Gasteiger partial charge in [-0.3, -0.25) is 4.79 Å². The summed E-state index contributed by atoms with van der Waals surface area (Å²) >= 11 is 5.40. The first-order valence-electron chi connectivity index (χ1n) is 4.49. The van der Waals surface area contributed by atoms with Gasteiger partial charge < -0.3 is 5.32 Å². The van der Waals surface area contributed by atoms with Crippen LogP contribution < -0.4 is 5.32 Å². The quantitative estimate of drug-likeness (QED) is 0.803. The van der Waals surface area contributed by atoms with Crippen molar-refractivity contribution >= 4 is 23.3 Å². The monoisotopic (exact) mass is 237 g/mol. The molecule has 6 nitrogen and oxygen atoms in total. The van der Waals surface area contributed by atoms with Gasteiger partial charge in [0.25, 0.3) is 0 Å². The van der Waals surface area contributed by atoms with Crippen molar-refractivity contribution in [3.05, 3.63) is 30.6 Å². The van der Waals surface area contributed by atoms with E-state index in [1.54, 1.807) is 30.6 Å². The number of nitrogens with one attached hydrogen (secondary N) is 1. The van der Waals surface area contributed by atoms with E-state index in [9.17, 15) is 4.79 Å². The van der Waals surface area contributed by atoms with Crippen molar-refractivity contribution in [2.45, 2.75) is 0 Å². The highest BCUT2D eigenvalue weighted by Gasteiger charge is 2.08. The van der Waals surface area contributed by atoms with Gasteiger partial charge >= 0.3 is 0 Å². The molecule has 7 heteroatoms. The van der Waals surface area contributed by atoms with Gasteiger partial charge in [-0.1, -0.05) is 0 Å². The third-order valence-electron chi connectivity index (χ3n) is 1.81. The molecule has 0 aliphatic rings. The molecule has 0 atom stereocenters. The summed E-state index contributed by atoms with van der Waals surface area (Å²) in [6.45, 7) is 0. The fraction of sp³-hybridized carbons (Fsp3) is 0.111. The summed E-state index contributed by atoms with van der Waals surface area (Å²) in [6, 6.07) is 5.12. The number of halogens is 1. The van der Waals surface area contributed by atoms with Crippen molar-refractivity contribution in [3.8, 4) is 5.82 Å². The van der Waals surface area contributed by atoms with Gasteiger partial charge in [0.1, 0.15) is 11.7 Å². The van der Waals surface area contributed by atoms with E-state index in [0.29, 0.717) is 11.6 Å². The number of hydrogen-bond acceptors (Lipinski definition) is 4. The van der Waals surface area contributed by atoms with Crippen LogP contribution in [0.1, 0.15) is 0 Å². The zero-order chi connectivity index (χ0) is 11.4. The molecule has 82 valence electrons. The van der Waals surface area contributed by atoms with E-state index in [-0.39, 0.29) is 11.8 Å². The van der Waals surface area contributed by atoms with Crippen LogP contribution in [0.15, 0.2) is 30.6 Å². The summed E-state index contributed by atoms with van der Waals surface area (Å²) in [5.74, 6) is 0.627. The normalized spacial score (nSPS) is 10.1. The van der Waals surface area contributed by atoms with E-state index in [4.69, 9.17) is 11.6 Å². The molecule has 2 aromatic rings. The van der Waals surface area contributed by atoms with Crippen LogP contribution in [0.5, 0.6) is 0 Å². The molecule has 1 amide bonds. The molecule has 0 radical (unpaired) electrons. The average molecular weight is 238 g/mol. The minimum Gasteiger partial charge on any atom is -0.309 e. The standard InChI is InChI=1S/C9H8ClN5O/c10-6-9(16)13-7-3-5-12-15(7)8-2-1-4-11-14-8/h1-5H,6H2,(H,13,16). The summed E-state index contributed by atoms with van der Waals surface area (Å²) < 4.78 is 1.47. The molecule has 0 unspecified atom stereocenters. The molecule has 0 aliphatic heterocycles. The largest absolute Gasteiger partial charge is 0.309 e. The number of amides is 1. The molecular formula is C9H8ClN5O. The smallest absolute Gasteiger partial charge is 0.240 e. The van der Waals surface area contributed by atoms with Gasteiger partial charge in [0.2, 0.25) is 5.91 Å². The van der Waals surface area contributed by atoms with E-state index in [0.717, 1.165) is 0 Å². The number of aromatic nitrogens is 4. The number of carbonyl (C=O) groups is 1. The molecule has 0 saturated heterocycles. The minimum atomic E-state index is -0.299. The maximum Gasteiger partial charge on any atom is 0.240 e. The van der Waals surface area contributed by atoms with Crippen molar-refractivity contribution in [2.24, 2.45) is 0 Å². The number of anilines is 1. The third-order valence-corrected chi connectivity index (χ3v) is 2.05. The number of carbonyl (C=O) groups excluding carboxylic acids is 1. The average Bonchev–Trinajstić information content (AvgIpc) is 2.78. The highest BCUT2D eigenvalue weighted by Crippen LogP contribution is 2.11. The lowest BCUT2D eigenvalue weighted by Gasteiger charge is -2.05. The van der Waals surface area contributed by atoms with Crippen LogP contribution in [0, 0.1) is 0 Å². The van der Waals surface area contributed by atoms with Crippen molar-refractivity contribution in [1.82, 2.24) is 20.0 Å². The van der Waals surface area contributed by atoms with Crippen LogP contribution in [0.4, 0.5) is 5.82 Å². The Labute approximate surface area is 96.2 Å². The second kappa shape index (κ2) is 4.71. The van der Waals surface area contributed by atoms with Crippen molar-refractivity contribution in [3.63, 3.8) is 0 Å². The van der Waals surface area contributed by atoms with E-state index in [1.807, 2.05) is 0 Å². The second-order valence-electron chi connectivity index (χ2n) is 2.89. The molecule has 1 N–H and O–H groups in total. The Kier molecular flexibility index (Phi) is 3.11. The van der Waals surface area contributed by atoms with Gasteiger partial charge in [-0.25, -0.2) is 0 Å². The van der Waals surface area contributed by atoms with E-state index >= 15 is 0 Å². The Balaban J connectivity index is 2.29. The SMILES string of the molecule is O=C(CCl)Nc1ccnn1-c1cccnn1. The molecule has 0 spiro atoms. The first-order valence-corrected chi connectivity index (χ1v) is 5.02. The van der Waals surface area contributed by atoms with Crippen LogP contribution >= 0.6 is 11.6 Å². The Morgan fingerprint density at radius 1 is 1.44 bits per heavy atom. The Morgan fingerprint density at radius 3 is 3.00 bits per heavy atom. The number of nitrogens with zero attached hydrogens (tertiary/aromatic N) is 4. The zero-order valence-electron chi connectivity index (χ0n) is 8.17. The van der Waals surface area contributed by atoms with Crippen LogP contribution in [0.3, 0.4) is 0 Å². The predicted molar refractivity (Wildman–Crippen MR) is 58.5 cm³/mol. The lowest BCUT2D eigenvalue weighted by atomic mass is 10.5. The molecular weight excluding hydrogens is 230 g/mol. The van der Waals surface area contributed by atoms with Gasteiger partial charge in [0.15, 0.2) is 5.82 Å². The molecule has 0 bridgehead atoms. The van der Waals surface area contributed by atoms with Gasteiger partial charge in [0, 0.05) is 12.3 Å². The van der Waals surface area contributed by atoms with Gasteiger partial charge in [0.05, 0.1) is 6.20 Å². The van der Waals surface area contributed by atoms with Crippen LogP contribution in [-0.2, 0) is 4.79 Å². The zero-order valence-corrected chi connectivity index (χ0v) is 8.92. The molecule has 0 aliphatic carbocycles. The lowest BCUT2D eigenvalue weighted by molar-refractivity contribution is -0.113. The Morgan fingerprint density at radius 2 is 2.31 bits per heavy atom. The molecule has 0 saturated carbocycles. The molecule has 0 aromatic carbocycles. The fourth-order valence-electron chi connectivity index (χ4n) is 1.16. The van der Waals surface area contributed by atoms with Gasteiger partial charge in [-0.05, 0) is 12.1 Å². The van der Waals surface area contributed by atoms with Crippen LogP contribution in [0.25, 0.3) is 5.82 Å². The second-order valence-corrected chi connectivity index (χ2v) is 3.16. The predicted octanol–water partition coefficient (Wildman–Crippen LogP) is 0.840. The summed E-state index contributed by atoms with van der Waals surface area (Å²) in [7, 11) is 0. The fourth-order valence-corrected chi connectivity index (χ4v) is 1.23. The highest BCUT2D eigenvalue weighted by atomic mass is 35.5. The molecule has 2 aromatic heterocycles. The molecule has 16 heavy (non-hydrogen) atoms. The van der Waals surface area contributed by atoms with Gasteiger partial charge in [-0.2, -0.15) is 14.9 Å². The molecule has 2 heterocycles. The van der Waals surface area contributed by atoms with Crippen molar-refractivity contribution in [1.29, 1.82) is 0 Å². The maximum absolute atomic E-state index is 11.1. The number of hydrogen-bond donors (Lipinski definition) is 1. The molecule has 0 fully saturated rings. The topological polar surface area (TPSA) is 72.7 Å². The van der Waals surface area contributed by atoms with E-state index in [2.05, 4.69) is 20.6 Å². The van der Waals surface area contributed by atoms with E-state index < -0.39 is 0 Å². The van der Waals surface area contributed by atoms with E-state index in [1.165, 1.54) is 4.68 Å². The minimum absolute atomic E-state index is 0.106. The summed E-state index contributed by atoms with van der Waals surface area (Å²) in [5, 5.41) is 14.2. The Bertz CT molecular complexity index is 484. The number of rotatable bonds is 3. The van der Waals surface area contributed by atoms with Gasteiger partial charge in [-0.15, -0.1) is 16.7 Å². The number of alkyl halides is 1. The third kappa shape index (κ3) is 2.17. The lowest BCUT2D eigenvalue weighted by Crippen LogP contribution is -2.16. The van der Waals surface area contributed by atoms with Crippen LogP contribution in [-0.4, -0.2) is 31.8 Å². The van der Waals surface area contributed by atoms with Crippen molar-refractivity contribution < 1.29 is 4.79 Å². The summed E-state index contributed by atoms with van der Waals surface area (Å²) in [4.78, 5) is 11.1. The first kappa shape index (κ1) is 10.6. The first-order chi connectivity index (χ1) is 7.81. The highest BCUT2D eigenvalue weighted by molar-refractivity contribution is 6.29. The summed E-state index contributed by atoms with van der Waals surface area (Å²) in [5.41, 5.74) is 0. The maximum atomic E-state index is 11.1. The summed E-state index contributed by atoms with van der Waals surface area (Å²) in [6.07, 6.45) is 3.11. The van der Waals surface area contributed by atoms with Crippen molar-refractivity contribution in [2.75, 3.05) is 11.2 Å². The Hall–Kier alpha value is -1.95. The van der Waals surface area contributed by atoms with Crippen LogP contribution in [0.2, 0.25) is 0 Å².